The Labute approximate surface area is 130 Å². The van der Waals surface area contributed by atoms with Gasteiger partial charge < -0.3 is 10.1 Å². The number of alkyl carbamates (subject to hydrolysis) is 1. The number of anilines is 1. The lowest BCUT2D eigenvalue weighted by Gasteiger charge is -2.16. The van der Waals surface area contributed by atoms with Gasteiger partial charge in [0, 0.05) is 11.7 Å². The van der Waals surface area contributed by atoms with Crippen molar-refractivity contribution in [3.63, 3.8) is 0 Å². The summed E-state index contributed by atoms with van der Waals surface area (Å²) in [5.74, 6) is -0.620. The van der Waals surface area contributed by atoms with Crippen molar-refractivity contribution in [2.45, 2.75) is 25.3 Å². The number of halogens is 2. The van der Waals surface area contributed by atoms with Gasteiger partial charge in [0.2, 0.25) is 5.44 Å². The highest BCUT2D eigenvalue weighted by molar-refractivity contribution is 8.01. The molecule has 0 radical (unpaired) electrons. The zero-order chi connectivity index (χ0) is 15.6. The van der Waals surface area contributed by atoms with Gasteiger partial charge in [-0.2, -0.15) is 0 Å². The molecular weight excluding hydrogens is 319 g/mol. The molecule has 1 aliphatic rings. The third kappa shape index (κ3) is 3.79. The molecule has 1 aromatic rings. The van der Waals surface area contributed by atoms with Gasteiger partial charge in [-0.25, -0.2) is 9.18 Å². The van der Waals surface area contributed by atoms with E-state index in [4.69, 9.17) is 16.3 Å². The molecule has 8 heteroatoms. The van der Waals surface area contributed by atoms with Crippen LogP contribution in [0.25, 0.3) is 0 Å². The standard InChI is InChI=1S/C13H14ClFN2O3S/c1-7(2)16-13(19)20-12-11(18)17(6-21-12)8-3-4-10(15)9(14)5-8/h3-5,7,12H,6H2,1-2H3,(H,16,19). The molecule has 1 aromatic carbocycles. The number of ether oxygens (including phenoxy) is 1. The van der Waals surface area contributed by atoms with E-state index in [1.54, 1.807) is 13.8 Å². The smallest absolute Gasteiger partial charge is 0.408 e. The summed E-state index contributed by atoms with van der Waals surface area (Å²) in [6.07, 6.45) is -0.644. The largest absolute Gasteiger partial charge is 0.425 e. The molecular formula is C13H14ClFN2O3S. The Morgan fingerprint density at radius 3 is 2.90 bits per heavy atom. The lowest BCUT2D eigenvalue weighted by Crippen LogP contribution is -2.37. The third-order valence-corrected chi connectivity index (χ3v) is 3.96. The molecule has 1 N–H and O–H groups in total. The van der Waals surface area contributed by atoms with E-state index in [0.717, 1.165) is 0 Å². The molecule has 0 spiro atoms. The van der Waals surface area contributed by atoms with Crippen LogP contribution in [0.2, 0.25) is 5.02 Å². The van der Waals surface area contributed by atoms with E-state index in [0.29, 0.717) is 11.6 Å². The number of hydrogen-bond donors (Lipinski definition) is 1. The maximum Gasteiger partial charge on any atom is 0.408 e. The van der Waals surface area contributed by atoms with Crippen LogP contribution < -0.4 is 10.2 Å². The van der Waals surface area contributed by atoms with Crippen LogP contribution in [0.1, 0.15) is 13.8 Å². The van der Waals surface area contributed by atoms with E-state index in [1.165, 1.54) is 34.9 Å². The predicted octanol–water partition coefficient (Wildman–Crippen LogP) is 2.98. The second-order valence-electron chi connectivity index (χ2n) is 4.70. The van der Waals surface area contributed by atoms with E-state index in [2.05, 4.69) is 5.32 Å². The molecule has 1 unspecified atom stereocenters. The Morgan fingerprint density at radius 1 is 1.57 bits per heavy atom. The Balaban J connectivity index is 2.04. The zero-order valence-corrected chi connectivity index (χ0v) is 13.0. The van der Waals surface area contributed by atoms with E-state index in [9.17, 15) is 14.0 Å². The predicted molar refractivity (Wildman–Crippen MR) is 79.9 cm³/mol. The number of rotatable bonds is 3. The molecule has 5 nitrogen and oxygen atoms in total. The van der Waals surface area contributed by atoms with Crippen molar-refractivity contribution in [3.05, 3.63) is 29.0 Å². The average Bonchev–Trinajstić information content (AvgIpc) is 2.74. The number of nitrogens with one attached hydrogen (secondary N) is 1. The molecule has 1 saturated heterocycles. The molecule has 2 amide bonds. The quantitative estimate of drug-likeness (QED) is 0.924. The Bertz CT molecular complexity index is 570. The van der Waals surface area contributed by atoms with Crippen LogP contribution in [0.15, 0.2) is 18.2 Å². The number of benzene rings is 1. The number of hydrogen-bond acceptors (Lipinski definition) is 4. The first-order chi connectivity index (χ1) is 9.88. The van der Waals surface area contributed by atoms with Crippen molar-refractivity contribution in [2.75, 3.05) is 10.8 Å². The van der Waals surface area contributed by atoms with E-state index >= 15 is 0 Å². The van der Waals surface area contributed by atoms with Gasteiger partial charge in [0.05, 0.1) is 10.9 Å². The van der Waals surface area contributed by atoms with Gasteiger partial charge in [0.1, 0.15) is 5.82 Å². The van der Waals surface area contributed by atoms with Crippen LogP contribution in [0.5, 0.6) is 0 Å². The van der Waals surface area contributed by atoms with Gasteiger partial charge in [0.25, 0.3) is 5.91 Å². The lowest BCUT2D eigenvalue weighted by atomic mass is 10.3. The van der Waals surface area contributed by atoms with Crippen LogP contribution in [-0.2, 0) is 9.53 Å². The monoisotopic (exact) mass is 332 g/mol. The van der Waals surface area contributed by atoms with Gasteiger partial charge in [-0.05, 0) is 32.0 Å². The van der Waals surface area contributed by atoms with Crippen molar-refractivity contribution >= 4 is 41.1 Å². The summed E-state index contributed by atoms with van der Waals surface area (Å²) in [5, 5.41) is 2.48. The zero-order valence-electron chi connectivity index (χ0n) is 11.4. The molecule has 114 valence electrons. The van der Waals surface area contributed by atoms with Crippen LogP contribution in [0, 0.1) is 5.82 Å². The molecule has 2 rings (SSSR count). The minimum atomic E-state index is -0.910. The minimum absolute atomic E-state index is 0.0628. The summed E-state index contributed by atoms with van der Waals surface area (Å²) < 4.78 is 18.2. The Morgan fingerprint density at radius 2 is 2.29 bits per heavy atom. The van der Waals surface area contributed by atoms with Crippen molar-refractivity contribution in [3.8, 4) is 0 Å². The molecule has 21 heavy (non-hydrogen) atoms. The molecule has 1 fully saturated rings. The van der Waals surface area contributed by atoms with E-state index < -0.39 is 17.3 Å². The minimum Gasteiger partial charge on any atom is -0.425 e. The van der Waals surface area contributed by atoms with Crippen LogP contribution in [0.4, 0.5) is 14.9 Å². The Kier molecular flexibility index (Phi) is 4.95. The summed E-state index contributed by atoms with van der Waals surface area (Å²) in [7, 11) is 0. The van der Waals surface area contributed by atoms with Crippen molar-refractivity contribution in [1.29, 1.82) is 0 Å². The second kappa shape index (κ2) is 6.53. The van der Waals surface area contributed by atoms with E-state index in [1.807, 2.05) is 0 Å². The first-order valence-electron chi connectivity index (χ1n) is 6.23. The fraction of sp³-hybridized carbons (Fsp3) is 0.385. The molecule has 0 aliphatic carbocycles. The summed E-state index contributed by atoms with van der Waals surface area (Å²) in [6, 6.07) is 3.93. The highest BCUT2D eigenvalue weighted by atomic mass is 35.5. The summed E-state index contributed by atoms with van der Waals surface area (Å²) in [6.45, 7) is 3.58. The number of nitrogens with zero attached hydrogens (tertiary/aromatic N) is 1. The fourth-order valence-corrected chi connectivity index (χ4v) is 2.87. The average molecular weight is 333 g/mol. The molecule has 1 atom stereocenters. The SMILES string of the molecule is CC(C)NC(=O)OC1SCN(c2ccc(F)c(Cl)c2)C1=O. The van der Waals surface area contributed by atoms with Crippen LogP contribution in [0.3, 0.4) is 0 Å². The molecule has 1 aliphatic heterocycles. The number of carbonyl (C=O) groups is 2. The van der Waals surface area contributed by atoms with Crippen molar-refractivity contribution in [1.82, 2.24) is 5.32 Å². The van der Waals surface area contributed by atoms with Gasteiger partial charge in [-0.15, -0.1) is 0 Å². The first kappa shape index (κ1) is 15.9. The lowest BCUT2D eigenvalue weighted by molar-refractivity contribution is -0.122. The van der Waals surface area contributed by atoms with Crippen molar-refractivity contribution in [2.24, 2.45) is 0 Å². The highest BCUT2D eigenvalue weighted by Gasteiger charge is 2.36. The van der Waals surface area contributed by atoms with Gasteiger partial charge in [0.15, 0.2) is 0 Å². The first-order valence-corrected chi connectivity index (χ1v) is 7.66. The summed E-state index contributed by atoms with van der Waals surface area (Å²) in [5.41, 5.74) is -0.443. The van der Waals surface area contributed by atoms with Crippen molar-refractivity contribution < 1.29 is 18.7 Å². The highest BCUT2D eigenvalue weighted by Crippen LogP contribution is 2.32. The number of carbonyl (C=O) groups excluding carboxylic acids is 2. The van der Waals surface area contributed by atoms with Crippen LogP contribution >= 0.6 is 23.4 Å². The van der Waals surface area contributed by atoms with Gasteiger partial charge >= 0.3 is 6.09 Å². The normalized spacial score (nSPS) is 18.2. The molecule has 1 heterocycles. The molecule has 0 bridgehead atoms. The molecule has 0 aromatic heterocycles. The number of amides is 2. The topological polar surface area (TPSA) is 58.6 Å². The maximum atomic E-state index is 13.1. The summed E-state index contributed by atoms with van der Waals surface area (Å²) >= 11 is 6.88. The molecule has 0 saturated carbocycles. The third-order valence-electron chi connectivity index (χ3n) is 2.66. The summed E-state index contributed by atoms with van der Waals surface area (Å²) in [4.78, 5) is 25.1. The van der Waals surface area contributed by atoms with E-state index in [-0.39, 0.29) is 17.0 Å². The fourth-order valence-electron chi connectivity index (χ4n) is 1.71. The van der Waals surface area contributed by atoms with Crippen LogP contribution in [-0.4, -0.2) is 29.4 Å². The van der Waals surface area contributed by atoms with Gasteiger partial charge in [-0.1, -0.05) is 23.4 Å². The van der Waals surface area contributed by atoms with Gasteiger partial charge in [-0.3, -0.25) is 9.69 Å². The second-order valence-corrected chi connectivity index (χ2v) is 6.12. The number of thioether (sulfide) groups is 1. The maximum absolute atomic E-state index is 13.1. The Hall–Kier alpha value is -1.47.